The fourth-order valence-electron chi connectivity index (χ4n) is 1.00. The van der Waals surface area contributed by atoms with Crippen molar-refractivity contribution in [3.63, 3.8) is 0 Å². The molecule has 0 bridgehead atoms. The van der Waals surface area contributed by atoms with Crippen LogP contribution in [0.1, 0.15) is 19.4 Å². The Morgan fingerprint density at radius 2 is 2.21 bits per heavy atom. The maximum atomic E-state index is 6.04. The highest BCUT2D eigenvalue weighted by Gasteiger charge is 2.01. The van der Waals surface area contributed by atoms with E-state index in [-0.39, 0.29) is 6.04 Å². The van der Waals surface area contributed by atoms with Gasteiger partial charge in [0.1, 0.15) is 0 Å². The van der Waals surface area contributed by atoms with Crippen LogP contribution in [0.25, 0.3) is 6.08 Å². The van der Waals surface area contributed by atoms with Gasteiger partial charge in [0.25, 0.3) is 0 Å². The van der Waals surface area contributed by atoms with Gasteiger partial charge in [0, 0.05) is 15.5 Å². The Kier molecular flexibility index (Phi) is 4.17. The molecule has 1 rings (SSSR count). The molecule has 1 aromatic rings. The van der Waals surface area contributed by atoms with Crippen molar-refractivity contribution in [1.82, 2.24) is 0 Å². The number of rotatable bonds is 2. The van der Waals surface area contributed by atoms with E-state index < -0.39 is 0 Å². The molecular formula is C11H13BrClN. The molecule has 0 aliphatic carbocycles. The second kappa shape index (κ2) is 4.96. The molecule has 0 aliphatic rings. The molecule has 0 heterocycles. The molecule has 1 unspecified atom stereocenters. The Hall–Kier alpha value is -0.310. The van der Waals surface area contributed by atoms with Gasteiger partial charge in [-0.3, -0.25) is 0 Å². The first-order chi connectivity index (χ1) is 6.50. The molecular weight excluding hydrogens is 261 g/mol. The first-order valence-corrected chi connectivity index (χ1v) is 5.56. The number of halogens is 2. The zero-order valence-electron chi connectivity index (χ0n) is 8.22. The van der Waals surface area contributed by atoms with Gasteiger partial charge in [0.15, 0.2) is 0 Å². The van der Waals surface area contributed by atoms with Gasteiger partial charge in [-0.1, -0.05) is 39.2 Å². The zero-order valence-corrected chi connectivity index (χ0v) is 10.6. The summed E-state index contributed by atoms with van der Waals surface area (Å²) in [4.78, 5) is 0. The van der Waals surface area contributed by atoms with E-state index in [1.54, 1.807) is 0 Å². The summed E-state index contributed by atoms with van der Waals surface area (Å²) in [5, 5.41) is 0.744. The predicted molar refractivity (Wildman–Crippen MR) is 66.5 cm³/mol. The fraction of sp³-hybridized carbons (Fsp3) is 0.273. The Morgan fingerprint density at radius 3 is 2.79 bits per heavy atom. The zero-order chi connectivity index (χ0) is 10.7. The molecule has 0 saturated carbocycles. The van der Waals surface area contributed by atoms with E-state index in [1.807, 2.05) is 38.1 Å². The Morgan fingerprint density at radius 1 is 1.57 bits per heavy atom. The average Bonchev–Trinajstić information content (AvgIpc) is 2.11. The largest absolute Gasteiger partial charge is 0.324 e. The summed E-state index contributed by atoms with van der Waals surface area (Å²) < 4.78 is 1.02. The summed E-state index contributed by atoms with van der Waals surface area (Å²) in [7, 11) is 0. The van der Waals surface area contributed by atoms with E-state index >= 15 is 0 Å². The molecule has 76 valence electrons. The summed E-state index contributed by atoms with van der Waals surface area (Å²) in [5.74, 6) is 0. The quantitative estimate of drug-likeness (QED) is 0.871. The number of hydrogen-bond acceptors (Lipinski definition) is 1. The number of nitrogens with two attached hydrogens (primary N) is 1. The van der Waals surface area contributed by atoms with Crippen molar-refractivity contribution < 1.29 is 0 Å². The molecule has 0 aliphatic heterocycles. The minimum Gasteiger partial charge on any atom is -0.324 e. The second-order valence-corrected chi connectivity index (χ2v) is 4.67. The molecule has 2 N–H and O–H groups in total. The topological polar surface area (TPSA) is 26.0 Å². The lowest BCUT2D eigenvalue weighted by Crippen LogP contribution is -2.15. The minimum atomic E-state index is 0.0602. The monoisotopic (exact) mass is 273 g/mol. The van der Waals surface area contributed by atoms with Crippen LogP contribution in [0.2, 0.25) is 5.02 Å². The maximum Gasteiger partial charge on any atom is 0.0479 e. The lowest BCUT2D eigenvalue weighted by atomic mass is 10.1. The van der Waals surface area contributed by atoms with Gasteiger partial charge >= 0.3 is 0 Å². The average molecular weight is 275 g/mol. The van der Waals surface area contributed by atoms with E-state index in [4.69, 9.17) is 17.3 Å². The third-order valence-corrected chi connectivity index (χ3v) is 2.90. The summed E-state index contributed by atoms with van der Waals surface area (Å²) in [6.45, 7) is 3.96. The standard InChI is InChI=1S/C11H13BrClN/c1-7(8(2)14)5-9-6-10(12)3-4-11(9)13/h3-6,8H,14H2,1-2H3/b7-5+. The Balaban J connectivity index is 3.07. The van der Waals surface area contributed by atoms with Crippen LogP contribution in [0.3, 0.4) is 0 Å². The van der Waals surface area contributed by atoms with E-state index in [0.29, 0.717) is 0 Å². The van der Waals surface area contributed by atoms with Gasteiger partial charge in [-0.05, 0) is 37.6 Å². The summed E-state index contributed by atoms with van der Waals surface area (Å²) in [6, 6.07) is 5.83. The normalized spacial score (nSPS) is 14.2. The third-order valence-electron chi connectivity index (χ3n) is 2.06. The molecule has 3 heteroatoms. The maximum absolute atomic E-state index is 6.04. The molecule has 1 nitrogen and oxygen atoms in total. The minimum absolute atomic E-state index is 0.0602. The van der Waals surface area contributed by atoms with Gasteiger partial charge in [0.2, 0.25) is 0 Å². The lowest BCUT2D eigenvalue weighted by molar-refractivity contribution is 0.868. The summed E-state index contributed by atoms with van der Waals surface area (Å²) in [6.07, 6.45) is 2.01. The van der Waals surface area contributed by atoms with Crippen molar-refractivity contribution in [3.05, 3.63) is 38.8 Å². The Bertz CT molecular complexity index is 358. The highest BCUT2D eigenvalue weighted by atomic mass is 79.9. The van der Waals surface area contributed by atoms with Gasteiger partial charge in [0.05, 0.1) is 0 Å². The summed E-state index contributed by atoms with van der Waals surface area (Å²) in [5.41, 5.74) is 7.86. The van der Waals surface area contributed by atoms with Gasteiger partial charge in [-0.2, -0.15) is 0 Å². The smallest absolute Gasteiger partial charge is 0.0479 e. The van der Waals surface area contributed by atoms with Gasteiger partial charge < -0.3 is 5.73 Å². The molecule has 0 amide bonds. The highest BCUT2D eigenvalue weighted by Crippen LogP contribution is 2.23. The first-order valence-electron chi connectivity index (χ1n) is 4.39. The van der Waals surface area contributed by atoms with E-state index in [0.717, 1.165) is 20.6 Å². The van der Waals surface area contributed by atoms with Crippen LogP contribution < -0.4 is 5.73 Å². The number of benzene rings is 1. The SMILES string of the molecule is C/C(=C\c1cc(Br)ccc1Cl)C(C)N. The second-order valence-electron chi connectivity index (χ2n) is 3.34. The van der Waals surface area contributed by atoms with Crippen molar-refractivity contribution in [2.24, 2.45) is 5.73 Å². The molecule has 1 atom stereocenters. The predicted octanol–water partition coefficient (Wildman–Crippen LogP) is 3.85. The molecule has 14 heavy (non-hydrogen) atoms. The van der Waals surface area contributed by atoms with E-state index in [9.17, 15) is 0 Å². The summed E-state index contributed by atoms with van der Waals surface area (Å²) >= 11 is 9.44. The first kappa shape index (κ1) is 11.8. The fourth-order valence-corrected chi connectivity index (χ4v) is 1.55. The van der Waals surface area contributed by atoms with Crippen LogP contribution in [0.4, 0.5) is 0 Å². The molecule has 0 aromatic heterocycles. The van der Waals surface area contributed by atoms with Crippen molar-refractivity contribution in [3.8, 4) is 0 Å². The highest BCUT2D eigenvalue weighted by molar-refractivity contribution is 9.10. The van der Waals surface area contributed by atoms with Crippen molar-refractivity contribution >= 4 is 33.6 Å². The van der Waals surface area contributed by atoms with Crippen molar-refractivity contribution in [1.29, 1.82) is 0 Å². The van der Waals surface area contributed by atoms with Crippen LogP contribution in [0.5, 0.6) is 0 Å². The van der Waals surface area contributed by atoms with E-state index in [1.165, 1.54) is 0 Å². The molecule has 0 radical (unpaired) electrons. The van der Waals surface area contributed by atoms with Gasteiger partial charge in [-0.15, -0.1) is 0 Å². The molecule has 1 aromatic carbocycles. The van der Waals surface area contributed by atoms with Crippen molar-refractivity contribution in [2.75, 3.05) is 0 Å². The lowest BCUT2D eigenvalue weighted by Gasteiger charge is -2.06. The van der Waals surface area contributed by atoms with Crippen LogP contribution in [-0.4, -0.2) is 6.04 Å². The van der Waals surface area contributed by atoms with Crippen LogP contribution in [-0.2, 0) is 0 Å². The molecule has 0 saturated heterocycles. The van der Waals surface area contributed by atoms with Crippen LogP contribution in [0.15, 0.2) is 28.2 Å². The third kappa shape index (κ3) is 3.12. The van der Waals surface area contributed by atoms with Crippen molar-refractivity contribution in [2.45, 2.75) is 19.9 Å². The molecule has 0 fully saturated rings. The molecule has 0 spiro atoms. The Labute approximate surface area is 98.1 Å². The van der Waals surface area contributed by atoms with Crippen LogP contribution in [0, 0.1) is 0 Å². The van der Waals surface area contributed by atoms with E-state index in [2.05, 4.69) is 15.9 Å². The van der Waals surface area contributed by atoms with Crippen LogP contribution >= 0.6 is 27.5 Å². The van der Waals surface area contributed by atoms with Gasteiger partial charge in [-0.25, -0.2) is 0 Å². The number of hydrogen-bond donors (Lipinski definition) is 1.